The first-order chi connectivity index (χ1) is 16.5. The van der Waals surface area contributed by atoms with Crippen LogP contribution in [0.1, 0.15) is 75.3 Å². The molecule has 0 bridgehead atoms. The highest BCUT2D eigenvalue weighted by molar-refractivity contribution is 5.92. The van der Waals surface area contributed by atoms with E-state index >= 15 is 0 Å². The predicted octanol–water partition coefficient (Wildman–Crippen LogP) is 6.88. The molecule has 6 heteroatoms. The van der Waals surface area contributed by atoms with E-state index < -0.39 is 0 Å². The summed E-state index contributed by atoms with van der Waals surface area (Å²) in [5, 5.41) is 12.2. The molecule has 0 radical (unpaired) electrons. The lowest BCUT2D eigenvalue weighted by atomic mass is 9.96. The van der Waals surface area contributed by atoms with Crippen molar-refractivity contribution >= 4 is 23.4 Å². The second kappa shape index (κ2) is 11.4. The van der Waals surface area contributed by atoms with E-state index in [2.05, 4.69) is 33.4 Å². The topological polar surface area (TPSA) is 82.3 Å². The molecule has 0 spiro atoms. The predicted molar refractivity (Wildman–Crippen MR) is 139 cm³/mol. The maximum absolute atomic E-state index is 12.4. The van der Waals surface area contributed by atoms with Gasteiger partial charge < -0.3 is 21.3 Å². The van der Waals surface area contributed by atoms with E-state index in [0.717, 1.165) is 59.3 Å². The normalized spacial score (nSPS) is 17.1. The van der Waals surface area contributed by atoms with Crippen molar-refractivity contribution in [2.45, 2.75) is 90.1 Å². The first-order valence-corrected chi connectivity index (χ1v) is 12.8. The maximum Gasteiger partial charge on any atom is 0.319 e. The molecule has 0 unspecified atom stereocenters. The number of aryl methyl sites for hydroxylation is 2. The number of carbonyl (C=O) groups is 2. The van der Waals surface area contributed by atoms with Crippen LogP contribution in [0.4, 0.5) is 21.0 Å². The zero-order valence-corrected chi connectivity index (χ0v) is 20.5. The molecule has 2 aromatic rings. The van der Waals surface area contributed by atoms with Crippen LogP contribution in [0, 0.1) is 13.8 Å². The quantitative estimate of drug-likeness (QED) is 0.391. The number of hydrogen-bond donors (Lipinski definition) is 4. The van der Waals surface area contributed by atoms with Crippen LogP contribution in [0.2, 0.25) is 0 Å². The van der Waals surface area contributed by atoms with Crippen LogP contribution in [-0.4, -0.2) is 24.1 Å². The Labute approximate surface area is 203 Å². The molecule has 0 atom stereocenters. The van der Waals surface area contributed by atoms with E-state index in [9.17, 15) is 9.59 Å². The van der Waals surface area contributed by atoms with Gasteiger partial charge in [-0.25, -0.2) is 9.59 Å². The zero-order chi connectivity index (χ0) is 23.9. The van der Waals surface area contributed by atoms with Crippen molar-refractivity contribution in [3.05, 3.63) is 47.5 Å². The fraction of sp³-hybridized carbons (Fsp3) is 0.500. The molecule has 6 nitrogen and oxygen atoms in total. The number of amides is 4. The standard InChI is InChI=1S/C28H38N4O2/c1-19-17-21(13-15-25(19)31-27(33)29-23-9-5-3-6-10-23)22-14-16-26(20(2)18-22)32-28(34)30-24-11-7-4-8-12-24/h13-18,23-24H,3-12H2,1-2H3,(H2,29,31,33)(H2,30,32,34). The van der Waals surface area contributed by atoms with E-state index in [0.29, 0.717) is 0 Å². The third-order valence-electron chi connectivity index (χ3n) is 7.16. The lowest BCUT2D eigenvalue weighted by Gasteiger charge is -2.23. The maximum atomic E-state index is 12.4. The zero-order valence-electron chi connectivity index (χ0n) is 20.5. The van der Waals surface area contributed by atoms with Crippen molar-refractivity contribution < 1.29 is 9.59 Å². The molecule has 2 aromatic carbocycles. The van der Waals surface area contributed by atoms with Crippen molar-refractivity contribution in [2.24, 2.45) is 0 Å². The van der Waals surface area contributed by atoms with E-state index in [1.54, 1.807) is 0 Å². The summed E-state index contributed by atoms with van der Waals surface area (Å²) in [6.45, 7) is 4.02. The number of nitrogens with one attached hydrogen (secondary N) is 4. The lowest BCUT2D eigenvalue weighted by molar-refractivity contribution is 0.243. The lowest BCUT2D eigenvalue weighted by Crippen LogP contribution is -2.39. The Kier molecular flexibility index (Phi) is 8.09. The Bertz CT molecular complexity index is 926. The molecule has 0 aliphatic heterocycles. The highest BCUT2D eigenvalue weighted by Gasteiger charge is 2.17. The second-order valence-corrected chi connectivity index (χ2v) is 9.93. The Balaban J connectivity index is 1.36. The van der Waals surface area contributed by atoms with Crippen LogP contribution < -0.4 is 21.3 Å². The van der Waals surface area contributed by atoms with Gasteiger partial charge in [-0.2, -0.15) is 0 Å². The first-order valence-electron chi connectivity index (χ1n) is 12.8. The highest BCUT2D eigenvalue weighted by atomic mass is 16.2. The molecular formula is C28H38N4O2. The van der Waals surface area contributed by atoms with E-state index in [1.165, 1.54) is 38.5 Å². The van der Waals surface area contributed by atoms with Crippen molar-refractivity contribution in [1.29, 1.82) is 0 Å². The van der Waals surface area contributed by atoms with Crippen molar-refractivity contribution in [2.75, 3.05) is 10.6 Å². The van der Waals surface area contributed by atoms with Gasteiger partial charge in [0.15, 0.2) is 0 Å². The summed E-state index contributed by atoms with van der Waals surface area (Å²) >= 11 is 0. The summed E-state index contributed by atoms with van der Waals surface area (Å²) in [6.07, 6.45) is 11.6. The minimum Gasteiger partial charge on any atom is -0.335 e. The number of urea groups is 2. The van der Waals surface area contributed by atoms with Crippen LogP contribution in [-0.2, 0) is 0 Å². The van der Waals surface area contributed by atoms with Gasteiger partial charge in [0.25, 0.3) is 0 Å². The summed E-state index contributed by atoms with van der Waals surface area (Å²) < 4.78 is 0. The van der Waals surface area contributed by atoms with Gasteiger partial charge in [0.05, 0.1) is 0 Å². The van der Waals surface area contributed by atoms with Gasteiger partial charge in [-0.1, -0.05) is 50.7 Å². The van der Waals surface area contributed by atoms with Gasteiger partial charge in [0, 0.05) is 23.5 Å². The number of carbonyl (C=O) groups excluding carboxylic acids is 2. The fourth-order valence-electron chi connectivity index (χ4n) is 5.15. The average molecular weight is 463 g/mol. The summed E-state index contributed by atoms with van der Waals surface area (Å²) in [4.78, 5) is 24.8. The molecule has 182 valence electrons. The Morgan fingerprint density at radius 1 is 0.618 bits per heavy atom. The Morgan fingerprint density at radius 3 is 1.35 bits per heavy atom. The number of rotatable bonds is 5. The smallest absolute Gasteiger partial charge is 0.319 e. The molecule has 4 N–H and O–H groups in total. The summed E-state index contributed by atoms with van der Waals surface area (Å²) in [6, 6.07) is 12.5. The average Bonchev–Trinajstić information content (AvgIpc) is 2.83. The molecule has 34 heavy (non-hydrogen) atoms. The monoisotopic (exact) mass is 462 g/mol. The largest absolute Gasteiger partial charge is 0.335 e. The van der Waals surface area contributed by atoms with Crippen LogP contribution in [0.3, 0.4) is 0 Å². The first kappa shape index (κ1) is 24.1. The summed E-state index contributed by atoms with van der Waals surface area (Å²) in [5.41, 5.74) is 5.85. The van der Waals surface area contributed by atoms with Gasteiger partial charge in [-0.15, -0.1) is 0 Å². The SMILES string of the molecule is Cc1cc(-c2ccc(NC(=O)NC3CCCCC3)c(C)c2)ccc1NC(=O)NC1CCCCC1. The number of benzene rings is 2. The van der Waals surface area contributed by atoms with E-state index in [4.69, 9.17) is 0 Å². The minimum absolute atomic E-state index is 0.125. The Hall–Kier alpha value is -3.02. The van der Waals surface area contributed by atoms with Gasteiger partial charge in [0.2, 0.25) is 0 Å². The molecule has 4 amide bonds. The van der Waals surface area contributed by atoms with Crippen LogP contribution in [0.5, 0.6) is 0 Å². The fourth-order valence-corrected chi connectivity index (χ4v) is 5.15. The molecule has 2 saturated carbocycles. The number of hydrogen-bond acceptors (Lipinski definition) is 2. The van der Waals surface area contributed by atoms with Crippen LogP contribution in [0.25, 0.3) is 11.1 Å². The second-order valence-electron chi connectivity index (χ2n) is 9.93. The molecule has 2 fully saturated rings. The molecule has 0 saturated heterocycles. The minimum atomic E-state index is -0.125. The summed E-state index contributed by atoms with van der Waals surface area (Å²) in [7, 11) is 0. The van der Waals surface area contributed by atoms with Gasteiger partial charge in [-0.3, -0.25) is 0 Å². The van der Waals surface area contributed by atoms with E-state index in [-0.39, 0.29) is 24.1 Å². The van der Waals surface area contributed by atoms with Gasteiger partial charge in [-0.05, 0) is 86.1 Å². The van der Waals surface area contributed by atoms with Crippen molar-refractivity contribution in [3.8, 4) is 11.1 Å². The number of anilines is 2. The molecular weight excluding hydrogens is 424 g/mol. The molecule has 2 aliphatic carbocycles. The summed E-state index contributed by atoms with van der Waals surface area (Å²) in [5.74, 6) is 0. The van der Waals surface area contributed by atoms with Crippen molar-refractivity contribution in [3.63, 3.8) is 0 Å². The molecule has 2 aliphatic rings. The van der Waals surface area contributed by atoms with Crippen LogP contribution in [0.15, 0.2) is 36.4 Å². The molecule has 4 rings (SSSR count). The van der Waals surface area contributed by atoms with Crippen LogP contribution >= 0.6 is 0 Å². The van der Waals surface area contributed by atoms with Gasteiger partial charge in [0.1, 0.15) is 0 Å². The van der Waals surface area contributed by atoms with E-state index in [1.807, 2.05) is 38.1 Å². The molecule has 0 aromatic heterocycles. The van der Waals surface area contributed by atoms with Gasteiger partial charge >= 0.3 is 12.1 Å². The highest BCUT2D eigenvalue weighted by Crippen LogP contribution is 2.28. The Morgan fingerprint density at radius 2 is 1.00 bits per heavy atom. The third-order valence-corrected chi connectivity index (χ3v) is 7.16. The van der Waals surface area contributed by atoms with Crippen molar-refractivity contribution in [1.82, 2.24) is 10.6 Å². The third kappa shape index (κ3) is 6.52. The molecule has 0 heterocycles.